The van der Waals surface area contributed by atoms with E-state index in [1.165, 1.54) is 0 Å². The van der Waals surface area contributed by atoms with Gasteiger partial charge in [-0.1, -0.05) is 17.7 Å². The second-order valence-electron chi connectivity index (χ2n) is 3.41. The Morgan fingerprint density at radius 2 is 2.21 bits per heavy atom. The smallest absolute Gasteiger partial charge is 0.246 e. The van der Waals surface area contributed by atoms with Crippen molar-refractivity contribution >= 4 is 11.6 Å². The summed E-state index contributed by atoms with van der Waals surface area (Å²) in [5, 5.41) is 3.49. The van der Waals surface area contributed by atoms with Crippen molar-refractivity contribution in [3.63, 3.8) is 0 Å². The molecule has 1 aromatic rings. The van der Waals surface area contributed by atoms with E-state index in [0.717, 1.165) is 5.56 Å². The monoisotopic (exact) mass is 217 g/mol. The van der Waals surface area contributed by atoms with Crippen LogP contribution in [-0.2, 0) is 6.54 Å². The summed E-state index contributed by atoms with van der Waals surface area (Å²) < 4.78 is 25.3. The first-order valence-corrected chi connectivity index (χ1v) is 4.83. The molecule has 0 amide bonds. The second-order valence-corrected chi connectivity index (χ2v) is 3.85. The number of fused-ring (bicyclic) bond motifs is 1. The number of hydrogen-bond donors (Lipinski definition) is 1. The van der Waals surface area contributed by atoms with Gasteiger partial charge in [-0.3, -0.25) is 0 Å². The third-order valence-electron chi connectivity index (χ3n) is 2.49. The molecule has 1 atom stereocenters. The molecule has 1 heterocycles. The van der Waals surface area contributed by atoms with Crippen molar-refractivity contribution < 1.29 is 8.78 Å². The molecule has 0 bridgehead atoms. The van der Waals surface area contributed by atoms with Crippen LogP contribution in [0, 0.1) is 0 Å². The summed E-state index contributed by atoms with van der Waals surface area (Å²) in [4.78, 5) is 0. The van der Waals surface area contributed by atoms with Crippen LogP contribution in [0.2, 0.25) is 5.02 Å². The molecule has 0 spiro atoms. The Morgan fingerprint density at radius 1 is 1.43 bits per heavy atom. The van der Waals surface area contributed by atoms with Gasteiger partial charge in [0.1, 0.15) is 0 Å². The van der Waals surface area contributed by atoms with Crippen molar-refractivity contribution in [1.82, 2.24) is 5.32 Å². The van der Waals surface area contributed by atoms with Crippen molar-refractivity contribution in [2.24, 2.45) is 0 Å². The van der Waals surface area contributed by atoms with E-state index in [1.54, 1.807) is 18.2 Å². The van der Waals surface area contributed by atoms with Gasteiger partial charge in [-0.2, -0.15) is 0 Å². The van der Waals surface area contributed by atoms with Gasteiger partial charge in [-0.15, -0.1) is 0 Å². The van der Waals surface area contributed by atoms with Crippen LogP contribution in [0.5, 0.6) is 0 Å². The summed E-state index contributed by atoms with van der Waals surface area (Å²) in [5.41, 5.74) is 1.61. The summed E-state index contributed by atoms with van der Waals surface area (Å²) in [5.74, 6) is -0.725. The van der Waals surface area contributed by atoms with Gasteiger partial charge in [0.15, 0.2) is 0 Å². The zero-order valence-electron chi connectivity index (χ0n) is 7.43. The average molecular weight is 218 g/mol. The molecule has 0 aromatic heterocycles. The Balaban J connectivity index is 2.41. The Hall–Kier alpha value is -0.670. The SMILES string of the molecule is FC(F)C1CNCc2ccc(Cl)cc21. The normalized spacial score (nSPS) is 21.0. The number of hydrogen-bond acceptors (Lipinski definition) is 1. The first-order chi connectivity index (χ1) is 6.68. The third-order valence-corrected chi connectivity index (χ3v) is 2.73. The molecule has 0 saturated carbocycles. The first-order valence-electron chi connectivity index (χ1n) is 4.45. The number of halogens is 3. The van der Waals surface area contributed by atoms with Crippen LogP contribution in [0.15, 0.2) is 18.2 Å². The van der Waals surface area contributed by atoms with E-state index < -0.39 is 12.3 Å². The molecule has 0 aliphatic carbocycles. The van der Waals surface area contributed by atoms with E-state index in [0.29, 0.717) is 23.7 Å². The van der Waals surface area contributed by atoms with Gasteiger partial charge in [0, 0.05) is 18.1 Å². The molecule has 1 aliphatic heterocycles. The molecule has 1 N–H and O–H groups in total. The predicted molar refractivity (Wildman–Crippen MR) is 51.9 cm³/mol. The zero-order chi connectivity index (χ0) is 10.1. The molecule has 14 heavy (non-hydrogen) atoms. The quantitative estimate of drug-likeness (QED) is 0.763. The van der Waals surface area contributed by atoms with E-state index in [4.69, 9.17) is 11.6 Å². The van der Waals surface area contributed by atoms with Crippen LogP contribution in [0.25, 0.3) is 0 Å². The Bertz CT molecular complexity index is 341. The highest BCUT2D eigenvalue weighted by Gasteiger charge is 2.27. The minimum Gasteiger partial charge on any atom is -0.312 e. The molecule has 0 radical (unpaired) electrons. The van der Waals surface area contributed by atoms with Crippen LogP contribution in [0.4, 0.5) is 8.78 Å². The third kappa shape index (κ3) is 1.74. The number of benzene rings is 1. The lowest BCUT2D eigenvalue weighted by Crippen LogP contribution is -2.31. The van der Waals surface area contributed by atoms with E-state index in [9.17, 15) is 8.78 Å². The van der Waals surface area contributed by atoms with E-state index in [-0.39, 0.29) is 0 Å². The summed E-state index contributed by atoms with van der Waals surface area (Å²) in [6.45, 7) is 0.973. The van der Waals surface area contributed by atoms with Crippen molar-refractivity contribution in [2.75, 3.05) is 6.54 Å². The average Bonchev–Trinajstić information content (AvgIpc) is 2.16. The zero-order valence-corrected chi connectivity index (χ0v) is 8.19. The molecule has 76 valence electrons. The molecular weight excluding hydrogens is 208 g/mol. The largest absolute Gasteiger partial charge is 0.312 e. The van der Waals surface area contributed by atoms with Gasteiger partial charge in [-0.25, -0.2) is 8.78 Å². The summed E-state index contributed by atoms with van der Waals surface area (Å²) in [7, 11) is 0. The fourth-order valence-electron chi connectivity index (χ4n) is 1.77. The van der Waals surface area contributed by atoms with Crippen molar-refractivity contribution in [2.45, 2.75) is 18.9 Å². The highest BCUT2D eigenvalue weighted by atomic mass is 35.5. The Labute approximate surface area is 86.1 Å². The molecule has 4 heteroatoms. The van der Waals surface area contributed by atoms with E-state index in [1.807, 2.05) is 0 Å². The molecule has 2 rings (SSSR count). The van der Waals surface area contributed by atoms with Gasteiger partial charge in [-0.05, 0) is 23.3 Å². The van der Waals surface area contributed by atoms with E-state index >= 15 is 0 Å². The second kappa shape index (κ2) is 3.83. The highest BCUT2D eigenvalue weighted by Crippen LogP contribution is 2.30. The van der Waals surface area contributed by atoms with Crippen LogP contribution < -0.4 is 5.32 Å². The van der Waals surface area contributed by atoms with Crippen LogP contribution in [0.3, 0.4) is 0 Å². The van der Waals surface area contributed by atoms with Gasteiger partial charge < -0.3 is 5.32 Å². The number of rotatable bonds is 1. The maximum atomic E-state index is 12.6. The van der Waals surface area contributed by atoms with Crippen molar-refractivity contribution in [3.05, 3.63) is 34.3 Å². The molecule has 1 aliphatic rings. The molecule has 1 unspecified atom stereocenters. The lowest BCUT2D eigenvalue weighted by molar-refractivity contribution is 0.109. The fourth-order valence-corrected chi connectivity index (χ4v) is 1.95. The maximum absolute atomic E-state index is 12.6. The van der Waals surface area contributed by atoms with Gasteiger partial charge in [0.2, 0.25) is 6.43 Å². The topological polar surface area (TPSA) is 12.0 Å². The van der Waals surface area contributed by atoms with Crippen molar-refractivity contribution in [1.29, 1.82) is 0 Å². The lowest BCUT2D eigenvalue weighted by Gasteiger charge is -2.25. The van der Waals surface area contributed by atoms with Crippen LogP contribution >= 0.6 is 11.6 Å². The summed E-state index contributed by atoms with van der Waals surface area (Å²) in [6, 6.07) is 5.18. The molecule has 1 aromatic carbocycles. The fraction of sp³-hybridized carbons (Fsp3) is 0.400. The van der Waals surface area contributed by atoms with Gasteiger partial charge in [0.25, 0.3) is 0 Å². The number of nitrogens with one attached hydrogen (secondary N) is 1. The van der Waals surface area contributed by atoms with Gasteiger partial charge in [0.05, 0.1) is 5.92 Å². The maximum Gasteiger partial charge on any atom is 0.246 e. The van der Waals surface area contributed by atoms with Crippen LogP contribution in [0.1, 0.15) is 17.0 Å². The van der Waals surface area contributed by atoms with E-state index in [2.05, 4.69) is 5.32 Å². The highest BCUT2D eigenvalue weighted by molar-refractivity contribution is 6.30. The minimum absolute atomic E-state index is 0.324. The number of alkyl halides is 2. The summed E-state index contributed by atoms with van der Waals surface area (Å²) in [6.07, 6.45) is -2.33. The van der Waals surface area contributed by atoms with Crippen LogP contribution in [-0.4, -0.2) is 13.0 Å². The summed E-state index contributed by atoms with van der Waals surface area (Å²) >= 11 is 5.78. The molecule has 1 nitrogen and oxygen atoms in total. The molecular formula is C10H10ClF2N. The van der Waals surface area contributed by atoms with Gasteiger partial charge >= 0.3 is 0 Å². The molecule has 0 saturated heterocycles. The molecule has 0 fully saturated rings. The Morgan fingerprint density at radius 3 is 2.93 bits per heavy atom. The van der Waals surface area contributed by atoms with Crippen molar-refractivity contribution in [3.8, 4) is 0 Å². The Kier molecular flexibility index (Phi) is 2.70. The lowest BCUT2D eigenvalue weighted by atomic mass is 9.91. The first kappa shape index (κ1) is 9.87. The predicted octanol–water partition coefficient (Wildman–Crippen LogP) is 2.79. The standard InChI is InChI=1S/C10H10ClF2N/c11-7-2-1-6-4-14-5-9(10(12)13)8(6)3-7/h1-3,9-10,14H,4-5H2. The minimum atomic E-state index is -2.33.